The van der Waals surface area contributed by atoms with Crippen LogP contribution >= 0.6 is 0 Å². The van der Waals surface area contributed by atoms with Crippen LogP contribution in [0.4, 0.5) is 5.69 Å². The van der Waals surface area contributed by atoms with Crippen molar-refractivity contribution in [1.29, 1.82) is 0 Å². The number of benzene rings is 3. The van der Waals surface area contributed by atoms with Crippen LogP contribution in [0.25, 0.3) is 11.3 Å². The number of carbonyl (C=O) groups excluding carboxylic acids is 1. The fraction of sp³-hybridized carbons (Fsp3) is 0.154. The molecule has 0 aliphatic carbocycles. The van der Waals surface area contributed by atoms with E-state index in [-0.39, 0.29) is 17.7 Å². The lowest BCUT2D eigenvalue weighted by atomic mass is 10.0. The van der Waals surface area contributed by atoms with Crippen molar-refractivity contribution < 1.29 is 9.90 Å². The van der Waals surface area contributed by atoms with E-state index in [0.717, 1.165) is 33.9 Å². The van der Waals surface area contributed by atoms with Crippen molar-refractivity contribution in [3.63, 3.8) is 0 Å². The Balaban J connectivity index is 1.44. The van der Waals surface area contributed by atoms with Gasteiger partial charge in [-0.15, -0.1) is 0 Å². The summed E-state index contributed by atoms with van der Waals surface area (Å²) in [5.74, 6) is 0.783. The van der Waals surface area contributed by atoms with Crippen molar-refractivity contribution in [3.05, 3.63) is 102 Å². The SMILES string of the molecule is N[C@@H](Cc1ccc(O)cc1)C(=O)N1c2ccccc2CC1c1ncc(-c2ccccc2)[nH]1. The number of aromatic nitrogens is 2. The Morgan fingerprint density at radius 3 is 2.56 bits per heavy atom. The molecule has 6 heteroatoms. The molecule has 0 saturated carbocycles. The van der Waals surface area contributed by atoms with Crippen molar-refractivity contribution >= 4 is 11.6 Å². The highest BCUT2D eigenvalue weighted by Gasteiger charge is 2.38. The first-order chi connectivity index (χ1) is 15.6. The molecule has 1 unspecified atom stereocenters. The molecule has 32 heavy (non-hydrogen) atoms. The fourth-order valence-corrected chi connectivity index (χ4v) is 4.30. The monoisotopic (exact) mass is 424 g/mol. The molecular weight excluding hydrogens is 400 g/mol. The summed E-state index contributed by atoms with van der Waals surface area (Å²) in [5.41, 5.74) is 11.2. The summed E-state index contributed by atoms with van der Waals surface area (Å²) in [6, 6.07) is 23.7. The minimum atomic E-state index is -0.711. The molecule has 6 nitrogen and oxygen atoms in total. The summed E-state index contributed by atoms with van der Waals surface area (Å²) in [5, 5.41) is 9.51. The van der Waals surface area contributed by atoms with Gasteiger partial charge in [0.15, 0.2) is 0 Å². The molecule has 3 aromatic carbocycles. The number of rotatable bonds is 5. The third-order valence-electron chi connectivity index (χ3n) is 5.92. The number of hydrogen-bond donors (Lipinski definition) is 3. The number of imidazole rings is 1. The van der Waals surface area contributed by atoms with Crippen LogP contribution in [0, 0.1) is 0 Å². The van der Waals surface area contributed by atoms with Crippen LogP contribution < -0.4 is 10.6 Å². The molecule has 0 spiro atoms. The second kappa shape index (κ2) is 8.32. The van der Waals surface area contributed by atoms with Gasteiger partial charge >= 0.3 is 0 Å². The van der Waals surface area contributed by atoms with Crippen LogP contribution in [0.2, 0.25) is 0 Å². The van der Waals surface area contributed by atoms with Gasteiger partial charge in [0, 0.05) is 12.1 Å². The summed E-state index contributed by atoms with van der Waals surface area (Å²) in [7, 11) is 0. The molecular formula is C26H24N4O2. The zero-order valence-corrected chi connectivity index (χ0v) is 17.5. The minimum Gasteiger partial charge on any atom is -0.508 e. The molecule has 0 saturated heterocycles. The van der Waals surface area contributed by atoms with Crippen LogP contribution in [0.1, 0.15) is 23.0 Å². The topological polar surface area (TPSA) is 95.2 Å². The highest BCUT2D eigenvalue weighted by atomic mass is 16.3. The van der Waals surface area contributed by atoms with Crippen molar-refractivity contribution in [3.8, 4) is 17.0 Å². The van der Waals surface area contributed by atoms with E-state index in [4.69, 9.17) is 5.73 Å². The molecule has 0 bridgehead atoms. The van der Waals surface area contributed by atoms with Gasteiger partial charge in [0.05, 0.1) is 24.0 Å². The van der Waals surface area contributed by atoms with Gasteiger partial charge in [0.2, 0.25) is 5.91 Å². The van der Waals surface area contributed by atoms with E-state index in [0.29, 0.717) is 12.8 Å². The van der Waals surface area contributed by atoms with Gasteiger partial charge in [-0.2, -0.15) is 0 Å². The molecule has 2 atom stereocenters. The average molecular weight is 425 g/mol. The van der Waals surface area contributed by atoms with E-state index in [1.165, 1.54) is 0 Å². The first-order valence-corrected chi connectivity index (χ1v) is 10.6. The number of nitrogens with two attached hydrogens (primary N) is 1. The van der Waals surface area contributed by atoms with Crippen molar-refractivity contribution in [1.82, 2.24) is 9.97 Å². The average Bonchev–Trinajstić information content (AvgIpc) is 3.46. The molecule has 1 amide bonds. The molecule has 1 aromatic heterocycles. The number of carbonyl (C=O) groups is 1. The smallest absolute Gasteiger partial charge is 0.244 e. The predicted molar refractivity (Wildman–Crippen MR) is 124 cm³/mol. The zero-order chi connectivity index (χ0) is 22.1. The van der Waals surface area contributed by atoms with Crippen molar-refractivity contribution in [2.45, 2.75) is 24.9 Å². The highest BCUT2D eigenvalue weighted by molar-refractivity contribution is 5.99. The van der Waals surface area contributed by atoms with Crippen molar-refractivity contribution in [2.75, 3.05) is 4.90 Å². The molecule has 0 fully saturated rings. The van der Waals surface area contributed by atoms with Gasteiger partial charge in [-0.1, -0.05) is 60.7 Å². The fourth-order valence-electron chi connectivity index (χ4n) is 4.30. The molecule has 1 aliphatic rings. The number of aromatic amines is 1. The molecule has 0 radical (unpaired) electrons. The molecule has 5 rings (SSSR count). The molecule has 4 aromatic rings. The summed E-state index contributed by atoms with van der Waals surface area (Å²) >= 11 is 0. The lowest BCUT2D eigenvalue weighted by Gasteiger charge is -2.27. The Morgan fingerprint density at radius 1 is 1.06 bits per heavy atom. The zero-order valence-electron chi connectivity index (χ0n) is 17.5. The maximum absolute atomic E-state index is 13.5. The maximum Gasteiger partial charge on any atom is 0.244 e. The van der Waals surface area contributed by atoms with Crippen molar-refractivity contribution in [2.24, 2.45) is 5.73 Å². The number of hydrogen-bond acceptors (Lipinski definition) is 4. The van der Waals surface area contributed by atoms with Crippen LogP contribution in [0.15, 0.2) is 85.1 Å². The van der Waals surface area contributed by atoms with Gasteiger partial charge in [-0.3, -0.25) is 9.69 Å². The first kappa shape index (κ1) is 20.0. The highest BCUT2D eigenvalue weighted by Crippen LogP contribution is 2.40. The summed E-state index contributed by atoms with van der Waals surface area (Å²) in [6.45, 7) is 0. The molecule has 1 aliphatic heterocycles. The number of phenolic OH excluding ortho intramolecular Hbond substituents is 1. The Morgan fingerprint density at radius 2 is 1.78 bits per heavy atom. The largest absolute Gasteiger partial charge is 0.508 e. The standard InChI is InChI=1S/C26H24N4O2/c27-21(14-17-10-12-20(31)13-11-17)26(32)30-23-9-5-4-8-19(23)15-24(30)25-28-16-22(29-25)18-6-2-1-3-7-18/h1-13,16,21,24,31H,14-15,27H2,(H,28,29)/t21-,24?/m0/s1. The van der Waals surface area contributed by atoms with E-state index >= 15 is 0 Å². The first-order valence-electron chi connectivity index (χ1n) is 10.6. The third kappa shape index (κ3) is 3.76. The minimum absolute atomic E-state index is 0.148. The van der Waals surface area contributed by atoms with Gasteiger partial charge in [-0.05, 0) is 41.3 Å². The van der Waals surface area contributed by atoms with E-state index in [9.17, 15) is 9.90 Å². The maximum atomic E-state index is 13.5. The predicted octanol–water partition coefficient (Wildman–Crippen LogP) is 3.98. The van der Waals surface area contributed by atoms with Crippen LogP contribution in [0.5, 0.6) is 5.75 Å². The lowest BCUT2D eigenvalue weighted by Crippen LogP contribution is -2.45. The molecule has 4 N–H and O–H groups in total. The summed E-state index contributed by atoms with van der Waals surface area (Å²) in [4.78, 5) is 23.4. The number of aromatic hydroxyl groups is 1. The lowest BCUT2D eigenvalue weighted by molar-refractivity contribution is -0.120. The number of fused-ring (bicyclic) bond motifs is 1. The van der Waals surface area contributed by atoms with Gasteiger partial charge < -0.3 is 15.8 Å². The second-order valence-corrected chi connectivity index (χ2v) is 8.08. The molecule has 160 valence electrons. The van der Waals surface area contributed by atoms with Gasteiger partial charge in [0.25, 0.3) is 0 Å². The summed E-state index contributed by atoms with van der Waals surface area (Å²) < 4.78 is 0. The number of nitrogens with one attached hydrogen (secondary N) is 1. The normalized spacial score (nSPS) is 16.0. The number of phenols is 1. The third-order valence-corrected chi connectivity index (χ3v) is 5.92. The molecule has 2 heterocycles. The Hall–Kier alpha value is -3.90. The van der Waals surface area contributed by atoms with Crippen LogP contribution in [-0.4, -0.2) is 27.0 Å². The number of H-pyrrole nitrogens is 1. The van der Waals surface area contributed by atoms with Crippen LogP contribution in [-0.2, 0) is 17.6 Å². The Bertz CT molecular complexity index is 1230. The quantitative estimate of drug-likeness (QED) is 0.452. The second-order valence-electron chi connectivity index (χ2n) is 8.08. The summed E-state index contributed by atoms with van der Waals surface area (Å²) in [6.07, 6.45) is 2.88. The number of nitrogens with zero attached hydrogens (tertiary/aromatic N) is 2. The number of anilines is 1. The van der Waals surface area contributed by atoms with Crippen LogP contribution in [0.3, 0.4) is 0 Å². The van der Waals surface area contributed by atoms with E-state index in [2.05, 4.69) is 9.97 Å². The Labute approximate surface area is 186 Å². The van der Waals surface area contributed by atoms with E-state index < -0.39 is 6.04 Å². The van der Waals surface area contributed by atoms with E-state index in [1.807, 2.05) is 60.8 Å². The van der Waals surface area contributed by atoms with Gasteiger partial charge in [0.1, 0.15) is 11.6 Å². The number of para-hydroxylation sites is 1. The van der Waals surface area contributed by atoms with Gasteiger partial charge in [-0.25, -0.2) is 4.98 Å². The van der Waals surface area contributed by atoms with E-state index in [1.54, 1.807) is 29.2 Å². The number of amides is 1. The Kier molecular flexibility index (Phi) is 5.21.